The topological polar surface area (TPSA) is 87.4 Å². The molecule has 18 heavy (non-hydrogen) atoms. The summed E-state index contributed by atoms with van der Waals surface area (Å²) in [6.07, 6.45) is 1.27. The summed E-state index contributed by atoms with van der Waals surface area (Å²) in [5.74, 6) is 0.0625. The molecule has 1 aromatic carbocycles. The molecule has 98 valence electrons. The van der Waals surface area contributed by atoms with Crippen molar-refractivity contribution < 1.29 is 9.90 Å². The van der Waals surface area contributed by atoms with E-state index in [9.17, 15) is 4.79 Å². The maximum atomic E-state index is 11.3. The summed E-state index contributed by atoms with van der Waals surface area (Å²) in [5, 5.41) is 15.1. The van der Waals surface area contributed by atoms with Crippen molar-refractivity contribution in [3.05, 3.63) is 29.3 Å². The minimum Gasteiger partial charge on any atom is -0.395 e. The first kappa shape index (κ1) is 13.0. The van der Waals surface area contributed by atoms with E-state index in [2.05, 4.69) is 10.6 Å². The smallest absolute Gasteiger partial charge is 0.224 e. The Kier molecular flexibility index (Phi) is 3.96. The van der Waals surface area contributed by atoms with E-state index >= 15 is 0 Å². The molecule has 0 aliphatic carbocycles. The van der Waals surface area contributed by atoms with Gasteiger partial charge < -0.3 is 21.5 Å². The van der Waals surface area contributed by atoms with Crippen molar-refractivity contribution >= 4 is 11.6 Å². The summed E-state index contributed by atoms with van der Waals surface area (Å²) in [6.45, 7) is -0.0701. The van der Waals surface area contributed by atoms with Crippen molar-refractivity contribution in [3.63, 3.8) is 0 Å². The first-order chi connectivity index (χ1) is 8.65. The zero-order chi connectivity index (χ0) is 13.1. The average molecular weight is 249 g/mol. The maximum absolute atomic E-state index is 11.3. The highest BCUT2D eigenvalue weighted by atomic mass is 16.3. The Labute approximate surface area is 106 Å². The molecular formula is C13H19N3O2. The molecule has 0 spiro atoms. The number of aryl methyl sites for hydroxylation is 1. The van der Waals surface area contributed by atoms with Gasteiger partial charge in [0.1, 0.15) is 0 Å². The van der Waals surface area contributed by atoms with Gasteiger partial charge in [0.2, 0.25) is 5.91 Å². The summed E-state index contributed by atoms with van der Waals surface area (Å²) in [4.78, 5) is 11.3. The third kappa shape index (κ3) is 2.53. The van der Waals surface area contributed by atoms with Crippen LogP contribution in [0, 0.1) is 0 Å². The highest BCUT2D eigenvalue weighted by Gasteiger charge is 2.20. The van der Waals surface area contributed by atoms with Gasteiger partial charge in [0.25, 0.3) is 0 Å². The van der Waals surface area contributed by atoms with Crippen molar-refractivity contribution in [2.75, 3.05) is 19.0 Å². The number of aliphatic hydroxyl groups is 1. The highest BCUT2D eigenvalue weighted by molar-refractivity contribution is 5.93. The fourth-order valence-electron chi connectivity index (χ4n) is 2.33. The molecule has 0 bridgehead atoms. The monoisotopic (exact) mass is 249 g/mol. The van der Waals surface area contributed by atoms with Gasteiger partial charge in [0, 0.05) is 24.2 Å². The van der Waals surface area contributed by atoms with E-state index in [1.54, 1.807) is 0 Å². The predicted molar refractivity (Wildman–Crippen MR) is 70.3 cm³/mol. The van der Waals surface area contributed by atoms with Gasteiger partial charge in [0.15, 0.2) is 0 Å². The molecule has 2 unspecified atom stereocenters. The van der Waals surface area contributed by atoms with E-state index in [4.69, 9.17) is 10.8 Å². The molecule has 0 saturated carbocycles. The highest BCUT2D eigenvalue weighted by Crippen LogP contribution is 2.26. The van der Waals surface area contributed by atoms with Crippen molar-refractivity contribution in [2.24, 2.45) is 5.73 Å². The molecule has 5 N–H and O–H groups in total. The van der Waals surface area contributed by atoms with Gasteiger partial charge in [0.05, 0.1) is 6.61 Å². The molecule has 1 aromatic rings. The standard InChI is InChI=1S/C13H19N3O2/c1-15-13(10(14)7-17)9-2-4-11-8(6-9)3-5-12(18)16-11/h2,4,6,10,13,15,17H,3,5,7,14H2,1H3,(H,16,18). The lowest BCUT2D eigenvalue weighted by atomic mass is 9.94. The third-order valence-corrected chi connectivity index (χ3v) is 3.33. The summed E-state index contributed by atoms with van der Waals surface area (Å²) < 4.78 is 0. The molecule has 1 heterocycles. The Bertz CT molecular complexity index is 448. The second kappa shape index (κ2) is 5.48. The summed E-state index contributed by atoms with van der Waals surface area (Å²) >= 11 is 0. The Morgan fingerprint density at radius 3 is 2.94 bits per heavy atom. The largest absolute Gasteiger partial charge is 0.395 e. The Morgan fingerprint density at radius 2 is 2.28 bits per heavy atom. The molecule has 1 aliphatic rings. The van der Waals surface area contributed by atoms with Crippen LogP contribution in [0.1, 0.15) is 23.6 Å². The Balaban J connectivity index is 2.27. The Morgan fingerprint density at radius 1 is 1.50 bits per heavy atom. The lowest BCUT2D eigenvalue weighted by Crippen LogP contribution is -2.39. The molecule has 5 nitrogen and oxygen atoms in total. The predicted octanol–water partition coefficient (Wildman–Crippen LogP) is 0.151. The zero-order valence-corrected chi connectivity index (χ0v) is 10.4. The molecule has 1 amide bonds. The van der Waals surface area contributed by atoms with Crippen LogP contribution in [0.4, 0.5) is 5.69 Å². The summed E-state index contributed by atoms with van der Waals surface area (Å²) in [6, 6.07) is 5.45. The third-order valence-electron chi connectivity index (χ3n) is 3.33. The van der Waals surface area contributed by atoms with Crippen LogP contribution in [0.25, 0.3) is 0 Å². The Hall–Kier alpha value is -1.43. The summed E-state index contributed by atoms with van der Waals surface area (Å²) in [7, 11) is 1.82. The van der Waals surface area contributed by atoms with Gasteiger partial charge in [-0.1, -0.05) is 12.1 Å². The molecule has 2 rings (SSSR count). The number of likely N-dealkylation sites (N-methyl/N-ethyl adjacent to an activating group) is 1. The second-order valence-electron chi connectivity index (χ2n) is 4.58. The number of carbonyl (C=O) groups excluding carboxylic acids is 1. The minimum atomic E-state index is -0.341. The first-order valence-electron chi connectivity index (χ1n) is 6.12. The number of nitrogens with one attached hydrogen (secondary N) is 2. The van der Waals surface area contributed by atoms with Crippen LogP contribution in [0.5, 0.6) is 0 Å². The number of hydrogen-bond donors (Lipinski definition) is 4. The molecule has 0 radical (unpaired) electrons. The molecular weight excluding hydrogens is 230 g/mol. The molecule has 1 aliphatic heterocycles. The van der Waals surface area contributed by atoms with Crippen molar-refractivity contribution in [1.82, 2.24) is 5.32 Å². The maximum Gasteiger partial charge on any atom is 0.224 e. The molecule has 0 fully saturated rings. The van der Waals surface area contributed by atoms with Gasteiger partial charge in [-0.05, 0) is 30.7 Å². The summed E-state index contributed by atoms with van der Waals surface area (Å²) in [5.41, 5.74) is 8.91. The number of hydrogen-bond acceptors (Lipinski definition) is 4. The van der Waals surface area contributed by atoms with Gasteiger partial charge in [-0.25, -0.2) is 0 Å². The van der Waals surface area contributed by atoms with Crippen LogP contribution >= 0.6 is 0 Å². The first-order valence-corrected chi connectivity index (χ1v) is 6.12. The van der Waals surface area contributed by atoms with Gasteiger partial charge >= 0.3 is 0 Å². The number of amides is 1. The van der Waals surface area contributed by atoms with Crippen LogP contribution in [0.2, 0.25) is 0 Å². The fourth-order valence-corrected chi connectivity index (χ4v) is 2.33. The number of rotatable bonds is 4. The lowest BCUT2D eigenvalue weighted by Gasteiger charge is -2.24. The van der Waals surface area contributed by atoms with Crippen LogP contribution < -0.4 is 16.4 Å². The number of benzene rings is 1. The number of anilines is 1. The molecule has 2 atom stereocenters. The number of carbonyl (C=O) groups is 1. The fraction of sp³-hybridized carbons (Fsp3) is 0.462. The molecule has 0 saturated heterocycles. The van der Waals surface area contributed by atoms with Crippen LogP contribution in [0.3, 0.4) is 0 Å². The van der Waals surface area contributed by atoms with Gasteiger partial charge in [-0.15, -0.1) is 0 Å². The zero-order valence-electron chi connectivity index (χ0n) is 10.4. The molecule has 0 aromatic heterocycles. The lowest BCUT2D eigenvalue weighted by molar-refractivity contribution is -0.116. The van der Waals surface area contributed by atoms with Crippen molar-refractivity contribution in [1.29, 1.82) is 0 Å². The number of nitrogens with two attached hydrogens (primary N) is 1. The second-order valence-corrected chi connectivity index (χ2v) is 4.58. The quantitative estimate of drug-likeness (QED) is 0.612. The molecule has 5 heteroatoms. The van der Waals surface area contributed by atoms with E-state index in [1.807, 2.05) is 25.2 Å². The van der Waals surface area contributed by atoms with Crippen molar-refractivity contribution in [3.8, 4) is 0 Å². The van der Waals surface area contributed by atoms with Crippen LogP contribution in [0.15, 0.2) is 18.2 Å². The number of fused-ring (bicyclic) bond motifs is 1. The van der Waals surface area contributed by atoms with E-state index < -0.39 is 0 Å². The van der Waals surface area contributed by atoms with E-state index in [-0.39, 0.29) is 24.6 Å². The van der Waals surface area contributed by atoms with Crippen molar-refractivity contribution in [2.45, 2.75) is 24.9 Å². The van der Waals surface area contributed by atoms with Gasteiger partial charge in [-0.3, -0.25) is 4.79 Å². The average Bonchev–Trinajstić information content (AvgIpc) is 2.39. The SMILES string of the molecule is CNC(c1ccc2c(c1)CCC(=O)N2)C(N)CO. The van der Waals surface area contributed by atoms with E-state index in [0.29, 0.717) is 6.42 Å². The van der Waals surface area contributed by atoms with Crippen LogP contribution in [-0.2, 0) is 11.2 Å². The van der Waals surface area contributed by atoms with E-state index in [0.717, 1.165) is 23.2 Å². The van der Waals surface area contributed by atoms with Gasteiger partial charge in [-0.2, -0.15) is 0 Å². The normalized spacial score (nSPS) is 17.8. The van der Waals surface area contributed by atoms with Crippen LogP contribution in [-0.4, -0.2) is 30.7 Å². The number of aliphatic hydroxyl groups excluding tert-OH is 1. The van der Waals surface area contributed by atoms with E-state index in [1.165, 1.54) is 0 Å². The minimum absolute atomic E-state index is 0.0625.